The van der Waals surface area contributed by atoms with Gasteiger partial charge in [0.15, 0.2) is 25.2 Å². The highest BCUT2D eigenvalue weighted by Gasteiger charge is 2.73. The van der Waals surface area contributed by atoms with Crippen LogP contribution in [0.3, 0.4) is 0 Å². The monoisotopic (exact) mass is 1140 g/mol. The van der Waals surface area contributed by atoms with Gasteiger partial charge in [-0.1, -0.05) is 26.8 Å². The van der Waals surface area contributed by atoms with Gasteiger partial charge in [-0.15, -0.1) is 0 Å². The largest absolute Gasteiger partial charge is 0.432 e. The van der Waals surface area contributed by atoms with Crippen LogP contribution in [0.15, 0.2) is 12.2 Å². The highest BCUT2D eigenvalue weighted by atomic mass is 16.8. The Morgan fingerprint density at radius 3 is 1.49 bits per heavy atom. The van der Waals surface area contributed by atoms with Crippen molar-refractivity contribution in [2.24, 2.45) is 27.6 Å². The lowest BCUT2D eigenvalue weighted by Crippen LogP contribution is -2.68. The van der Waals surface area contributed by atoms with Crippen LogP contribution in [-0.2, 0) is 52.2 Å². The first kappa shape index (κ1) is 61.7. The predicted molar refractivity (Wildman–Crippen MR) is 256 cm³/mol. The molecule has 0 radical (unpaired) electrons. The molecular weight excluding hydrogens is 1060 g/mol. The Balaban J connectivity index is 1.04. The molecule has 5 aliphatic heterocycles. The fourth-order valence-electron chi connectivity index (χ4n) is 15.1. The van der Waals surface area contributed by atoms with Crippen molar-refractivity contribution >= 4 is 5.97 Å². The van der Waals surface area contributed by atoms with Gasteiger partial charge >= 0.3 is 5.97 Å². The van der Waals surface area contributed by atoms with E-state index in [2.05, 4.69) is 20.4 Å². The molecule has 31 atom stereocenters. The van der Waals surface area contributed by atoms with Crippen LogP contribution in [0.4, 0.5) is 0 Å². The SMILES string of the molecule is C=C1C[C@@]23CC[C@]4(C)[C@](C)(C(=O)O[C@@H]5OC(CO)[C@@H](O)C(O)C5O)CCC[C@@]4(C)[C@@H]2CC[C@]1(O[C@@H]1OC(CO[C@@H]2OC(CO)[C@@H](O)C(O)C2O)[C@@H](O)C(O[C@@H]2OC(CO)[C@@H](O)C(O)C2O)C1O[C@@H]1OC(CO)[C@@H](O)C(O)C1O)C3. The average Bonchev–Trinajstić information content (AvgIpc) is 2.85. The molecule has 5 saturated heterocycles. The molecule has 79 heavy (non-hydrogen) atoms. The molecule has 28 heteroatoms. The molecule has 2 bridgehead atoms. The number of ether oxygens (including phenoxy) is 10. The number of fused-ring (bicyclic) bond motifs is 3. The van der Waals surface area contributed by atoms with Crippen LogP contribution in [-0.4, -0.2) is 285 Å². The van der Waals surface area contributed by atoms with Gasteiger partial charge in [0.2, 0.25) is 6.29 Å². The molecule has 28 nitrogen and oxygen atoms in total. The Kier molecular flexibility index (Phi) is 18.1. The maximum atomic E-state index is 14.6. The van der Waals surface area contributed by atoms with Gasteiger partial charge < -0.3 is 134 Å². The summed E-state index contributed by atoms with van der Waals surface area (Å²) < 4.78 is 60.7. The molecule has 9 aliphatic rings. The summed E-state index contributed by atoms with van der Waals surface area (Å²) >= 11 is 0. The summed E-state index contributed by atoms with van der Waals surface area (Å²) in [6.45, 7) is 6.55. The summed E-state index contributed by atoms with van der Waals surface area (Å²) in [6, 6.07) is 0. The van der Waals surface area contributed by atoms with Crippen molar-refractivity contribution in [2.45, 2.75) is 238 Å². The topological polar surface area (TPSA) is 453 Å². The summed E-state index contributed by atoms with van der Waals surface area (Å²) in [4.78, 5) is 14.6. The van der Waals surface area contributed by atoms with Gasteiger partial charge in [-0.25, -0.2) is 0 Å². The van der Waals surface area contributed by atoms with E-state index in [4.69, 9.17) is 47.4 Å². The molecule has 0 aromatic carbocycles. The van der Waals surface area contributed by atoms with E-state index in [0.717, 1.165) is 0 Å². The first-order valence-corrected chi connectivity index (χ1v) is 27.3. The lowest BCUT2D eigenvalue weighted by molar-refractivity contribution is -0.403. The maximum absolute atomic E-state index is 14.6. The first-order chi connectivity index (χ1) is 37.2. The fourth-order valence-corrected chi connectivity index (χ4v) is 15.1. The highest BCUT2D eigenvalue weighted by molar-refractivity contribution is 5.78. The average molecular weight is 1140 g/mol. The van der Waals surface area contributed by atoms with Crippen molar-refractivity contribution < 1.29 is 139 Å². The fraction of sp³-hybridized carbons (Fsp3) is 0.941. The molecular formula is C51H82O28. The third-order valence-corrected chi connectivity index (χ3v) is 20.2. The van der Waals surface area contributed by atoms with Crippen LogP contribution in [0.5, 0.6) is 0 Å². The molecule has 4 saturated carbocycles. The van der Waals surface area contributed by atoms with Crippen LogP contribution in [0.25, 0.3) is 0 Å². The number of carbonyl (C=O) groups excluding carboxylic acids is 1. The van der Waals surface area contributed by atoms with E-state index in [0.29, 0.717) is 56.9 Å². The van der Waals surface area contributed by atoms with Crippen molar-refractivity contribution in [3.05, 3.63) is 12.2 Å². The molecule has 5 heterocycles. The van der Waals surface area contributed by atoms with E-state index in [1.165, 1.54) is 0 Å². The lowest BCUT2D eigenvalue weighted by Gasteiger charge is -2.69. The lowest BCUT2D eigenvalue weighted by atomic mass is 9.35. The molecule has 1 spiro atoms. The number of carbonyl (C=O) groups is 1. The summed E-state index contributed by atoms with van der Waals surface area (Å²) in [6.07, 6.45) is -40.7. The molecule has 15 unspecified atom stereocenters. The third kappa shape index (κ3) is 10.3. The van der Waals surface area contributed by atoms with E-state index in [-0.39, 0.29) is 12.3 Å². The van der Waals surface area contributed by atoms with Gasteiger partial charge in [0, 0.05) is 0 Å². The quantitative estimate of drug-likeness (QED) is 0.0412. The normalized spacial score (nSPS) is 54.9. The number of hydrogen-bond acceptors (Lipinski definition) is 28. The number of aliphatic hydroxyl groups is 17. The zero-order chi connectivity index (χ0) is 57.6. The van der Waals surface area contributed by atoms with E-state index < -0.39 is 220 Å². The zero-order valence-electron chi connectivity index (χ0n) is 44.2. The van der Waals surface area contributed by atoms with Crippen molar-refractivity contribution in [3.63, 3.8) is 0 Å². The second-order valence-corrected chi connectivity index (χ2v) is 24.2. The van der Waals surface area contributed by atoms with Crippen molar-refractivity contribution in [1.29, 1.82) is 0 Å². The summed E-state index contributed by atoms with van der Waals surface area (Å²) in [5.41, 5.74) is -3.70. The minimum absolute atomic E-state index is 0.0911. The Morgan fingerprint density at radius 2 is 0.975 bits per heavy atom. The number of hydrogen-bond donors (Lipinski definition) is 17. The minimum Gasteiger partial charge on any atom is -0.432 e. The second-order valence-electron chi connectivity index (χ2n) is 24.2. The number of aliphatic hydroxyl groups excluding tert-OH is 17. The van der Waals surface area contributed by atoms with E-state index in [9.17, 15) is 91.6 Å². The minimum atomic E-state index is -2.07. The van der Waals surface area contributed by atoms with Crippen LogP contribution < -0.4 is 0 Å². The summed E-state index contributed by atoms with van der Waals surface area (Å²) in [5.74, 6) is -0.773. The number of esters is 1. The Hall–Kier alpha value is -1.83. The second kappa shape index (κ2) is 23.2. The first-order valence-electron chi connectivity index (χ1n) is 27.3. The standard InChI is InChI=1S/C51H82O28/c1-19-12-50-11-10-49(4)47(2,7-5-8-48(49,3)46(69)78-44-38(68)34(64)29(59)23(16-55)74-44)25(50)6-9-51(19,18-50)79-45-40(77-43-37(67)33(63)28(58)22(15-54)73-43)39(76-42-36(66)32(62)27(57)21(14-53)72-42)30(60)24(75-45)17-70-41-35(65)31(61)26(56)20(13-52)71-41/h20-45,52-68H,1,5-18H2,2-4H3/t20?,21?,22?,23?,24?,25-,26+,27+,28+,29+,30+,31?,32?,33?,34?,35?,36?,37?,38?,39?,40?,41+,42-,43-,44-,45-,47-,48-,49-,50+,51-/m0/s1. The predicted octanol–water partition coefficient (Wildman–Crippen LogP) is -6.90. The van der Waals surface area contributed by atoms with Gasteiger partial charge in [0.25, 0.3) is 0 Å². The molecule has 17 N–H and O–H groups in total. The molecule has 9 fully saturated rings. The van der Waals surface area contributed by atoms with Crippen LogP contribution in [0.2, 0.25) is 0 Å². The van der Waals surface area contributed by atoms with Crippen molar-refractivity contribution in [3.8, 4) is 0 Å². The summed E-state index contributed by atoms with van der Waals surface area (Å²) in [7, 11) is 0. The van der Waals surface area contributed by atoms with Crippen LogP contribution >= 0.6 is 0 Å². The van der Waals surface area contributed by atoms with Gasteiger partial charge in [0.05, 0.1) is 44.1 Å². The molecule has 4 aliphatic carbocycles. The van der Waals surface area contributed by atoms with Gasteiger partial charge in [-0.3, -0.25) is 4.79 Å². The Labute approximate surface area is 454 Å². The van der Waals surface area contributed by atoms with Crippen LogP contribution in [0, 0.1) is 27.6 Å². The van der Waals surface area contributed by atoms with Gasteiger partial charge in [-0.05, 0) is 86.0 Å². The Morgan fingerprint density at radius 1 is 0.519 bits per heavy atom. The molecule has 454 valence electrons. The van der Waals surface area contributed by atoms with Crippen LogP contribution in [0.1, 0.15) is 78.6 Å². The smallest absolute Gasteiger partial charge is 0.314 e. The van der Waals surface area contributed by atoms with Gasteiger partial charge in [-0.2, -0.15) is 0 Å². The van der Waals surface area contributed by atoms with Crippen molar-refractivity contribution in [2.75, 3.05) is 33.0 Å². The summed E-state index contributed by atoms with van der Waals surface area (Å²) in [5, 5.41) is 182. The van der Waals surface area contributed by atoms with Gasteiger partial charge in [0.1, 0.15) is 122 Å². The zero-order valence-corrected chi connectivity index (χ0v) is 44.2. The highest BCUT2D eigenvalue weighted by Crippen LogP contribution is 2.77. The van der Waals surface area contributed by atoms with Crippen molar-refractivity contribution in [1.82, 2.24) is 0 Å². The van der Waals surface area contributed by atoms with E-state index in [1.807, 2.05) is 6.92 Å². The van der Waals surface area contributed by atoms with E-state index in [1.54, 1.807) is 0 Å². The number of rotatable bonds is 15. The molecule has 0 aromatic rings. The molecule has 0 amide bonds. The molecule has 9 rings (SSSR count). The Bertz CT molecular complexity index is 2120. The molecule has 0 aromatic heterocycles. The van der Waals surface area contributed by atoms with E-state index >= 15 is 0 Å². The maximum Gasteiger partial charge on any atom is 0.314 e. The third-order valence-electron chi connectivity index (χ3n) is 20.2.